The number of halogens is 1. The first-order chi connectivity index (χ1) is 11.5. The Kier molecular flexibility index (Phi) is 5.03. The number of thiophene rings is 1. The van der Waals surface area contributed by atoms with Gasteiger partial charge in [-0.3, -0.25) is 19.3 Å². The number of thioether (sulfide) groups is 1. The highest BCUT2D eigenvalue weighted by atomic mass is 35.5. The Bertz CT molecular complexity index is 834. The first-order valence-electron chi connectivity index (χ1n) is 6.88. The number of imide groups is 1. The largest absolute Gasteiger partial charge is 0.323 e. The Morgan fingerprint density at radius 2 is 2.00 bits per heavy atom. The molecule has 1 aliphatic rings. The summed E-state index contributed by atoms with van der Waals surface area (Å²) in [6.07, 6.45) is 1.65. The standard InChI is InChI=1S/C16H11ClN2O3S2/c17-11-5-1-2-6-12(11)18-14(20)9-19-15(21)13(24-16(19)22)8-10-4-3-7-23-10/h1-8H,9H2,(H,18,20)/b13-8-. The molecule has 3 amide bonds. The number of carbonyl (C=O) groups excluding carboxylic acids is 3. The van der Waals surface area contributed by atoms with E-state index in [9.17, 15) is 14.4 Å². The first kappa shape index (κ1) is 16.8. The predicted octanol–water partition coefficient (Wildman–Crippen LogP) is 4.08. The highest BCUT2D eigenvalue weighted by molar-refractivity contribution is 8.18. The molecular weight excluding hydrogens is 368 g/mol. The summed E-state index contributed by atoms with van der Waals surface area (Å²) < 4.78 is 0. The van der Waals surface area contributed by atoms with Crippen LogP contribution in [0.3, 0.4) is 0 Å². The fourth-order valence-corrected chi connectivity index (χ4v) is 3.78. The van der Waals surface area contributed by atoms with E-state index in [4.69, 9.17) is 11.6 Å². The van der Waals surface area contributed by atoms with Gasteiger partial charge in [0.25, 0.3) is 11.1 Å². The zero-order valence-electron chi connectivity index (χ0n) is 12.2. The van der Waals surface area contributed by atoms with E-state index in [0.29, 0.717) is 15.6 Å². The van der Waals surface area contributed by atoms with Crippen molar-refractivity contribution in [3.63, 3.8) is 0 Å². The molecule has 1 aliphatic heterocycles. The number of carbonyl (C=O) groups is 3. The minimum atomic E-state index is -0.484. The summed E-state index contributed by atoms with van der Waals surface area (Å²) in [6, 6.07) is 10.5. The van der Waals surface area contributed by atoms with Gasteiger partial charge in [-0.05, 0) is 41.4 Å². The molecule has 0 bridgehead atoms. The maximum atomic E-state index is 12.3. The molecule has 2 heterocycles. The zero-order chi connectivity index (χ0) is 17.1. The van der Waals surface area contributed by atoms with E-state index < -0.39 is 17.1 Å². The van der Waals surface area contributed by atoms with Crippen molar-refractivity contribution in [2.24, 2.45) is 0 Å². The fourth-order valence-electron chi connectivity index (χ4n) is 2.03. The Balaban J connectivity index is 1.69. The monoisotopic (exact) mass is 378 g/mol. The lowest BCUT2D eigenvalue weighted by molar-refractivity contribution is -0.127. The average molecular weight is 379 g/mol. The Morgan fingerprint density at radius 3 is 2.71 bits per heavy atom. The topological polar surface area (TPSA) is 66.5 Å². The summed E-state index contributed by atoms with van der Waals surface area (Å²) in [6.45, 7) is -0.350. The maximum absolute atomic E-state index is 12.3. The molecule has 1 aromatic carbocycles. The van der Waals surface area contributed by atoms with Gasteiger partial charge in [-0.15, -0.1) is 11.3 Å². The SMILES string of the molecule is O=C(CN1C(=O)S/C(=C\c2cccs2)C1=O)Nc1ccccc1Cl. The molecule has 0 saturated carbocycles. The molecule has 0 atom stereocenters. The van der Waals surface area contributed by atoms with Gasteiger partial charge in [0.15, 0.2) is 0 Å². The molecule has 1 N–H and O–H groups in total. The van der Waals surface area contributed by atoms with Crippen molar-refractivity contribution in [3.05, 3.63) is 56.6 Å². The molecule has 1 aromatic heterocycles. The Morgan fingerprint density at radius 1 is 1.21 bits per heavy atom. The van der Waals surface area contributed by atoms with Crippen LogP contribution in [0.4, 0.5) is 10.5 Å². The van der Waals surface area contributed by atoms with Crippen molar-refractivity contribution in [2.45, 2.75) is 0 Å². The maximum Gasteiger partial charge on any atom is 0.294 e. The summed E-state index contributed by atoms with van der Waals surface area (Å²) in [5.41, 5.74) is 0.435. The van der Waals surface area contributed by atoms with E-state index in [-0.39, 0.29) is 6.54 Å². The van der Waals surface area contributed by atoms with Crippen LogP contribution in [0.25, 0.3) is 6.08 Å². The first-order valence-corrected chi connectivity index (χ1v) is 8.95. The quantitative estimate of drug-likeness (QED) is 0.814. The van der Waals surface area contributed by atoms with Crippen molar-refractivity contribution in [1.82, 2.24) is 4.90 Å². The minimum absolute atomic E-state index is 0.313. The van der Waals surface area contributed by atoms with E-state index in [1.807, 2.05) is 17.5 Å². The van der Waals surface area contributed by atoms with Gasteiger partial charge in [0.1, 0.15) is 6.54 Å². The van der Waals surface area contributed by atoms with Gasteiger partial charge in [-0.1, -0.05) is 29.8 Å². The van der Waals surface area contributed by atoms with Gasteiger partial charge in [0.05, 0.1) is 15.6 Å². The number of amides is 3. The van der Waals surface area contributed by atoms with Crippen LogP contribution in [0.1, 0.15) is 4.88 Å². The van der Waals surface area contributed by atoms with Crippen molar-refractivity contribution in [3.8, 4) is 0 Å². The van der Waals surface area contributed by atoms with Crippen LogP contribution >= 0.6 is 34.7 Å². The molecule has 5 nitrogen and oxygen atoms in total. The lowest BCUT2D eigenvalue weighted by Crippen LogP contribution is -2.36. The second-order valence-electron chi connectivity index (χ2n) is 4.81. The number of hydrogen-bond donors (Lipinski definition) is 1. The Hall–Kier alpha value is -2.09. The van der Waals surface area contributed by atoms with E-state index in [1.165, 1.54) is 11.3 Å². The average Bonchev–Trinajstić information content (AvgIpc) is 3.14. The number of para-hydroxylation sites is 1. The van der Waals surface area contributed by atoms with Crippen LogP contribution in [0, 0.1) is 0 Å². The van der Waals surface area contributed by atoms with Gasteiger partial charge < -0.3 is 5.32 Å². The molecule has 0 aliphatic carbocycles. The molecular formula is C16H11ClN2O3S2. The third kappa shape index (κ3) is 3.69. The molecule has 8 heteroatoms. The van der Waals surface area contributed by atoms with Gasteiger partial charge in [-0.25, -0.2) is 0 Å². The normalized spacial score (nSPS) is 16.0. The summed E-state index contributed by atoms with van der Waals surface area (Å²) in [7, 11) is 0. The number of benzene rings is 1. The third-order valence-corrected chi connectivity index (χ3v) is 5.20. The fraction of sp³-hybridized carbons (Fsp3) is 0.0625. The van der Waals surface area contributed by atoms with Gasteiger partial charge >= 0.3 is 0 Å². The molecule has 1 fully saturated rings. The number of hydrogen-bond acceptors (Lipinski definition) is 5. The lowest BCUT2D eigenvalue weighted by atomic mass is 10.3. The number of rotatable bonds is 4. The minimum Gasteiger partial charge on any atom is -0.323 e. The van der Waals surface area contributed by atoms with Crippen LogP contribution < -0.4 is 5.32 Å². The van der Waals surface area contributed by atoms with Crippen LogP contribution in [-0.4, -0.2) is 28.5 Å². The lowest BCUT2D eigenvalue weighted by Gasteiger charge is -2.13. The highest BCUT2D eigenvalue weighted by Gasteiger charge is 2.36. The Labute approximate surface area is 151 Å². The number of nitrogens with zero attached hydrogens (tertiary/aromatic N) is 1. The molecule has 24 heavy (non-hydrogen) atoms. The molecule has 0 spiro atoms. The zero-order valence-corrected chi connectivity index (χ0v) is 14.6. The molecule has 1 saturated heterocycles. The molecule has 122 valence electrons. The summed E-state index contributed by atoms with van der Waals surface area (Å²) in [4.78, 5) is 38.5. The highest BCUT2D eigenvalue weighted by Crippen LogP contribution is 2.32. The van der Waals surface area contributed by atoms with E-state index in [0.717, 1.165) is 21.5 Å². The second-order valence-corrected chi connectivity index (χ2v) is 7.19. The summed E-state index contributed by atoms with van der Waals surface area (Å²) >= 11 is 8.27. The number of nitrogens with one attached hydrogen (secondary N) is 1. The predicted molar refractivity (Wildman–Crippen MR) is 97.1 cm³/mol. The van der Waals surface area contributed by atoms with Gasteiger partial charge in [0.2, 0.25) is 5.91 Å². The van der Waals surface area contributed by atoms with E-state index in [2.05, 4.69) is 5.32 Å². The van der Waals surface area contributed by atoms with E-state index >= 15 is 0 Å². The van der Waals surface area contributed by atoms with Gasteiger partial charge in [0, 0.05) is 4.88 Å². The summed E-state index contributed by atoms with van der Waals surface area (Å²) in [5, 5.41) is 4.40. The van der Waals surface area contributed by atoms with Crippen molar-refractivity contribution in [1.29, 1.82) is 0 Å². The third-order valence-electron chi connectivity index (χ3n) is 3.14. The van der Waals surface area contributed by atoms with Crippen LogP contribution in [0.2, 0.25) is 5.02 Å². The second kappa shape index (κ2) is 7.21. The summed E-state index contributed by atoms with van der Waals surface area (Å²) in [5.74, 6) is -0.949. The van der Waals surface area contributed by atoms with Crippen LogP contribution in [-0.2, 0) is 9.59 Å². The van der Waals surface area contributed by atoms with E-state index in [1.54, 1.807) is 30.3 Å². The van der Waals surface area contributed by atoms with Crippen molar-refractivity contribution in [2.75, 3.05) is 11.9 Å². The van der Waals surface area contributed by atoms with Crippen molar-refractivity contribution >= 4 is 63.5 Å². The van der Waals surface area contributed by atoms with Crippen molar-refractivity contribution < 1.29 is 14.4 Å². The smallest absolute Gasteiger partial charge is 0.294 e. The molecule has 2 aromatic rings. The number of anilines is 1. The molecule has 0 radical (unpaired) electrons. The molecule has 3 rings (SSSR count). The molecule has 0 unspecified atom stereocenters. The van der Waals surface area contributed by atoms with Crippen LogP contribution in [0.15, 0.2) is 46.7 Å². The van der Waals surface area contributed by atoms with Gasteiger partial charge in [-0.2, -0.15) is 0 Å². The van der Waals surface area contributed by atoms with Crippen LogP contribution in [0.5, 0.6) is 0 Å².